The summed E-state index contributed by atoms with van der Waals surface area (Å²) >= 11 is 0. The lowest BCUT2D eigenvalue weighted by Gasteiger charge is -2.30. The van der Waals surface area contributed by atoms with Gasteiger partial charge in [-0.15, -0.1) is 0 Å². The van der Waals surface area contributed by atoms with Gasteiger partial charge >= 0.3 is 17.2 Å². The first kappa shape index (κ1) is 20.1. The highest BCUT2D eigenvalue weighted by Gasteiger charge is 2.53. The van der Waals surface area contributed by atoms with Crippen LogP contribution in [-0.4, -0.2) is 56.4 Å². The molecule has 0 spiro atoms. The number of hydrogen-bond donors (Lipinski definition) is 1. The molecular weight excluding hydrogens is 360 g/mol. The second-order valence-corrected chi connectivity index (χ2v) is 8.22. The Bertz CT molecular complexity index is 793. The summed E-state index contributed by atoms with van der Waals surface area (Å²) in [7, 11) is -2.92. The van der Waals surface area contributed by atoms with Crippen LogP contribution in [0.4, 0.5) is 9.59 Å². The maximum Gasteiger partial charge on any atom is 0.523 e. The average molecular weight is 383 g/mol. The summed E-state index contributed by atoms with van der Waals surface area (Å²) in [6.07, 6.45) is 0.644. The number of sulfone groups is 1. The summed E-state index contributed by atoms with van der Waals surface area (Å²) in [5.41, 5.74) is 0.472. The van der Waals surface area contributed by atoms with E-state index in [4.69, 9.17) is 4.74 Å². The molecule has 0 aromatic heterocycles. The van der Waals surface area contributed by atoms with Crippen LogP contribution in [0, 0.1) is 0 Å². The van der Waals surface area contributed by atoms with Gasteiger partial charge in [0.1, 0.15) is 12.6 Å². The monoisotopic (exact) mass is 383 g/mol. The first-order chi connectivity index (χ1) is 12.2. The van der Waals surface area contributed by atoms with Gasteiger partial charge in [0.15, 0.2) is 0 Å². The quantitative estimate of drug-likeness (QED) is 0.792. The number of amides is 3. The van der Waals surface area contributed by atoms with Gasteiger partial charge in [0.2, 0.25) is 9.84 Å². The Morgan fingerprint density at radius 1 is 1.23 bits per heavy atom. The molecule has 1 aliphatic heterocycles. The van der Waals surface area contributed by atoms with Crippen LogP contribution in [0.25, 0.3) is 0 Å². The highest BCUT2D eigenvalue weighted by atomic mass is 32.2. The van der Waals surface area contributed by atoms with E-state index in [0.717, 1.165) is 0 Å². The van der Waals surface area contributed by atoms with Crippen LogP contribution in [-0.2, 0) is 25.1 Å². The van der Waals surface area contributed by atoms with Gasteiger partial charge in [-0.25, -0.2) is 13.2 Å². The Morgan fingerprint density at radius 2 is 1.88 bits per heavy atom. The van der Waals surface area contributed by atoms with Gasteiger partial charge in [-0.1, -0.05) is 30.3 Å². The summed E-state index contributed by atoms with van der Waals surface area (Å²) in [5, 5.41) is 0.912. The Labute approximate surface area is 152 Å². The van der Waals surface area contributed by atoms with E-state index in [9.17, 15) is 22.8 Å². The third-order valence-corrected chi connectivity index (χ3v) is 6.12. The van der Waals surface area contributed by atoms with Crippen molar-refractivity contribution in [3.05, 3.63) is 35.9 Å². The number of carbonyl (C=O) groups excluding carboxylic acids is 3. The SMILES string of the molecule is COC(=O)[N+]1(C(=O)CNC(=O)S(=O)(=O)Cc2ccccc2)CCC[C@H]1C. The summed E-state index contributed by atoms with van der Waals surface area (Å²) in [5.74, 6) is -1.04. The second-order valence-electron chi connectivity index (χ2n) is 6.33. The standard InChI is InChI=1S/C17H22N2O6S/c1-13-7-6-10-19(13,17(22)25-2)15(20)11-18-16(21)26(23,24)12-14-8-4-3-5-9-14/h3-5,8-9,13H,6-7,10-12H2,1-2H3/p+1/t13-,19?/m1/s1. The zero-order valence-corrected chi connectivity index (χ0v) is 15.6. The minimum absolute atomic E-state index is 0.277. The summed E-state index contributed by atoms with van der Waals surface area (Å²) in [4.78, 5) is 36.8. The van der Waals surface area contributed by atoms with Crippen molar-refractivity contribution < 1.29 is 32.0 Å². The molecule has 1 saturated heterocycles. The van der Waals surface area contributed by atoms with Crippen LogP contribution in [0.2, 0.25) is 0 Å². The second kappa shape index (κ2) is 7.96. The van der Waals surface area contributed by atoms with Crippen LogP contribution < -0.4 is 5.32 Å². The van der Waals surface area contributed by atoms with Crippen LogP contribution >= 0.6 is 0 Å². The minimum atomic E-state index is -4.12. The van der Waals surface area contributed by atoms with Gasteiger partial charge in [0, 0.05) is 12.8 Å². The lowest BCUT2D eigenvalue weighted by atomic mass is 10.2. The molecule has 1 aromatic carbocycles. The fourth-order valence-electron chi connectivity index (χ4n) is 3.24. The molecule has 2 atom stereocenters. The van der Waals surface area contributed by atoms with Crippen molar-refractivity contribution in [2.24, 2.45) is 0 Å². The van der Waals surface area contributed by atoms with Crippen molar-refractivity contribution in [2.45, 2.75) is 31.6 Å². The number of ether oxygens (including phenoxy) is 1. The molecule has 3 amide bonds. The number of nitrogens with zero attached hydrogens (tertiary/aromatic N) is 1. The molecule has 142 valence electrons. The van der Waals surface area contributed by atoms with Crippen molar-refractivity contribution in [3.8, 4) is 0 Å². The first-order valence-corrected chi connectivity index (χ1v) is 9.93. The number of likely N-dealkylation sites (tertiary alicyclic amines) is 1. The maximum atomic E-state index is 12.6. The molecule has 0 saturated carbocycles. The van der Waals surface area contributed by atoms with Crippen molar-refractivity contribution in [3.63, 3.8) is 0 Å². The Kier molecular flexibility index (Phi) is 6.14. The van der Waals surface area contributed by atoms with E-state index in [0.29, 0.717) is 18.4 Å². The lowest BCUT2D eigenvalue weighted by molar-refractivity contribution is -0.792. The van der Waals surface area contributed by atoms with Crippen molar-refractivity contribution in [1.82, 2.24) is 5.32 Å². The number of benzene rings is 1. The average Bonchev–Trinajstić information content (AvgIpc) is 3.01. The fourth-order valence-corrected chi connectivity index (χ4v) is 4.30. The van der Waals surface area contributed by atoms with Crippen LogP contribution in [0.5, 0.6) is 0 Å². The van der Waals surface area contributed by atoms with Gasteiger partial charge in [-0.3, -0.25) is 4.79 Å². The number of imide groups is 1. The number of carbonyl (C=O) groups is 3. The zero-order valence-electron chi connectivity index (χ0n) is 14.8. The molecule has 1 aliphatic rings. The minimum Gasteiger partial charge on any atom is -0.423 e. The molecule has 0 radical (unpaired) electrons. The molecule has 1 aromatic rings. The van der Waals surface area contributed by atoms with Crippen LogP contribution in [0.3, 0.4) is 0 Å². The van der Waals surface area contributed by atoms with E-state index in [1.54, 1.807) is 37.3 Å². The van der Waals surface area contributed by atoms with Gasteiger partial charge < -0.3 is 10.1 Å². The van der Waals surface area contributed by atoms with E-state index in [-0.39, 0.29) is 12.6 Å². The summed E-state index contributed by atoms with van der Waals surface area (Å²) in [6.45, 7) is 1.49. The predicted molar refractivity (Wildman–Crippen MR) is 93.7 cm³/mol. The van der Waals surface area contributed by atoms with Gasteiger partial charge in [-0.05, 0) is 12.5 Å². The largest absolute Gasteiger partial charge is 0.523 e. The lowest BCUT2D eigenvalue weighted by Crippen LogP contribution is -2.61. The Morgan fingerprint density at radius 3 is 2.42 bits per heavy atom. The Balaban J connectivity index is 2.05. The normalized spacial score (nSPS) is 22.6. The molecule has 1 fully saturated rings. The van der Waals surface area contributed by atoms with Crippen LogP contribution in [0.1, 0.15) is 25.3 Å². The highest BCUT2D eigenvalue weighted by Crippen LogP contribution is 2.28. The number of quaternary nitrogens is 1. The molecule has 1 heterocycles. The Hall–Kier alpha value is -2.26. The number of nitrogens with one attached hydrogen (secondary N) is 1. The van der Waals surface area contributed by atoms with Crippen molar-refractivity contribution >= 4 is 27.1 Å². The third kappa shape index (κ3) is 3.94. The molecular formula is C17H23N2O6S+. The molecule has 26 heavy (non-hydrogen) atoms. The van der Waals surface area contributed by atoms with E-state index in [2.05, 4.69) is 5.32 Å². The summed E-state index contributed by atoms with van der Waals surface area (Å²) in [6, 6.07) is 7.99. The molecule has 0 bridgehead atoms. The molecule has 9 heteroatoms. The smallest absolute Gasteiger partial charge is 0.423 e. The number of rotatable bonds is 4. The van der Waals surface area contributed by atoms with E-state index in [1.807, 2.05) is 0 Å². The molecule has 1 N–H and O–H groups in total. The zero-order chi connectivity index (χ0) is 19.4. The van der Waals surface area contributed by atoms with E-state index >= 15 is 0 Å². The number of methoxy groups -OCH3 is 1. The van der Waals surface area contributed by atoms with Crippen molar-refractivity contribution in [2.75, 3.05) is 20.2 Å². The molecule has 2 rings (SSSR count). The van der Waals surface area contributed by atoms with Crippen molar-refractivity contribution in [1.29, 1.82) is 0 Å². The summed E-state index contributed by atoms with van der Waals surface area (Å²) < 4.78 is 28.5. The third-order valence-electron chi connectivity index (χ3n) is 4.70. The first-order valence-electron chi connectivity index (χ1n) is 8.28. The van der Waals surface area contributed by atoms with Gasteiger partial charge in [0.05, 0.1) is 19.4 Å². The van der Waals surface area contributed by atoms with Gasteiger partial charge in [0.25, 0.3) is 0 Å². The van der Waals surface area contributed by atoms with Gasteiger partial charge in [-0.2, -0.15) is 9.28 Å². The van der Waals surface area contributed by atoms with E-state index in [1.165, 1.54) is 7.11 Å². The topological polar surface area (TPSA) is 107 Å². The fraction of sp³-hybridized carbons (Fsp3) is 0.471. The maximum absolute atomic E-state index is 12.6. The van der Waals surface area contributed by atoms with E-state index < -0.39 is 43.9 Å². The van der Waals surface area contributed by atoms with Crippen LogP contribution in [0.15, 0.2) is 30.3 Å². The molecule has 8 nitrogen and oxygen atoms in total. The molecule has 0 aliphatic carbocycles. The predicted octanol–water partition coefficient (Wildman–Crippen LogP) is 1.60. The molecule has 1 unspecified atom stereocenters. The highest BCUT2D eigenvalue weighted by molar-refractivity contribution is 8.05. The number of hydrogen-bond acceptors (Lipinski definition) is 6.